The minimum atomic E-state index is -0.896. The Morgan fingerprint density at radius 3 is 2.50 bits per heavy atom. The summed E-state index contributed by atoms with van der Waals surface area (Å²) in [5.41, 5.74) is 4.90. The number of amides is 3. The number of carbonyl (C=O) groups excluding carboxylic acids is 3. The van der Waals surface area contributed by atoms with Crippen molar-refractivity contribution in [2.24, 2.45) is 11.8 Å². The molecule has 13 heteroatoms. The van der Waals surface area contributed by atoms with Crippen LogP contribution in [0.3, 0.4) is 0 Å². The Bertz CT molecular complexity index is 909. The maximum absolute atomic E-state index is 15.3. The summed E-state index contributed by atoms with van der Waals surface area (Å²) in [6, 6.07) is -0.849. The van der Waals surface area contributed by atoms with Gasteiger partial charge in [-0.05, 0) is 31.6 Å². The summed E-state index contributed by atoms with van der Waals surface area (Å²) >= 11 is 0. The van der Waals surface area contributed by atoms with Gasteiger partial charge in [-0.1, -0.05) is 32.6 Å². The molecule has 12 nitrogen and oxygen atoms in total. The van der Waals surface area contributed by atoms with Crippen molar-refractivity contribution in [2.45, 2.75) is 64.3 Å². The number of anilines is 2. The van der Waals surface area contributed by atoms with Crippen LogP contribution in [0.2, 0.25) is 0 Å². The molecule has 1 saturated carbocycles. The van der Waals surface area contributed by atoms with Crippen LogP contribution in [0.25, 0.3) is 0 Å². The van der Waals surface area contributed by atoms with Crippen LogP contribution in [0.15, 0.2) is 0 Å². The van der Waals surface area contributed by atoms with Crippen molar-refractivity contribution < 1.29 is 28.7 Å². The minimum absolute atomic E-state index is 0.131. The number of nitrogens with one attached hydrogen (secondary N) is 3. The van der Waals surface area contributed by atoms with E-state index < -0.39 is 23.7 Å². The van der Waals surface area contributed by atoms with Crippen LogP contribution in [0.4, 0.5) is 16.0 Å². The van der Waals surface area contributed by atoms with Crippen molar-refractivity contribution in [3.05, 3.63) is 5.82 Å². The number of halogens is 1. The molecule has 2 fully saturated rings. The Labute approximate surface area is 209 Å². The normalized spacial score (nSPS) is 17.4. The van der Waals surface area contributed by atoms with Crippen LogP contribution < -0.4 is 20.9 Å². The molecule has 36 heavy (non-hydrogen) atoms. The number of rotatable bonds is 13. The van der Waals surface area contributed by atoms with E-state index in [2.05, 4.69) is 26.1 Å². The SMILES string of the molecule is CC[C@H](Nc1nc(OC)nc(NNC(=O)C(CC2CCCC2)CN(O)C=O)c1F)C(=O)N1CCCC1. The number of methoxy groups -OCH3 is 1. The predicted octanol–water partition coefficient (Wildman–Crippen LogP) is 1.92. The van der Waals surface area contributed by atoms with Gasteiger partial charge in [0.25, 0.3) is 0 Å². The van der Waals surface area contributed by atoms with E-state index in [1.165, 1.54) is 7.11 Å². The molecule has 2 aliphatic rings. The van der Waals surface area contributed by atoms with Gasteiger partial charge in [0.05, 0.1) is 19.6 Å². The molecular formula is C23H36FN7O5. The highest BCUT2D eigenvalue weighted by Crippen LogP contribution is 2.31. The zero-order valence-corrected chi connectivity index (χ0v) is 20.8. The van der Waals surface area contributed by atoms with E-state index >= 15 is 4.39 Å². The molecule has 3 amide bonds. The second kappa shape index (κ2) is 13.2. The van der Waals surface area contributed by atoms with Crippen molar-refractivity contribution in [3.8, 4) is 6.01 Å². The van der Waals surface area contributed by atoms with Gasteiger partial charge in [0.15, 0.2) is 11.6 Å². The van der Waals surface area contributed by atoms with E-state index in [0.29, 0.717) is 36.9 Å². The molecule has 1 aliphatic heterocycles. The number of nitrogens with zero attached hydrogens (tertiary/aromatic N) is 4. The molecule has 1 saturated heterocycles. The quantitative estimate of drug-likeness (QED) is 0.178. The molecule has 2 heterocycles. The van der Waals surface area contributed by atoms with E-state index in [9.17, 15) is 19.6 Å². The molecule has 1 unspecified atom stereocenters. The monoisotopic (exact) mass is 509 g/mol. The van der Waals surface area contributed by atoms with Gasteiger partial charge in [-0.25, -0.2) is 5.06 Å². The number of aromatic nitrogens is 2. The molecular weight excluding hydrogens is 473 g/mol. The predicted molar refractivity (Wildman–Crippen MR) is 128 cm³/mol. The third-order valence-corrected chi connectivity index (χ3v) is 6.74. The van der Waals surface area contributed by atoms with Crippen molar-refractivity contribution in [1.82, 2.24) is 25.4 Å². The minimum Gasteiger partial charge on any atom is -0.467 e. The smallest absolute Gasteiger partial charge is 0.320 e. The van der Waals surface area contributed by atoms with Gasteiger partial charge < -0.3 is 15.0 Å². The lowest BCUT2D eigenvalue weighted by molar-refractivity contribution is -0.154. The molecule has 1 aromatic rings. The van der Waals surface area contributed by atoms with Gasteiger partial charge in [-0.3, -0.25) is 30.4 Å². The first-order chi connectivity index (χ1) is 17.4. The molecule has 0 spiro atoms. The zero-order chi connectivity index (χ0) is 26.1. The molecule has 0 radical (unpaired) electrons. The van der Waals surface area contributed by atoms with Crippen molar-refractivity contribution in [2.75, 3.05) is 37.5 Å². The lowest BCUT2D eigenvalue weighted by Crippen LogP contribution is -2.42. The average Bonchev–Trinajstić information content (AvgIpc) is 3.61. The number of hydrogen-bond donors (Lipinski definition) is 4. The van der Waals surface area contributed by atoms with Crippen LogP contribution in [0, 0.1) is 17.7 Å². The van der Waals surface area contributed by atoms with Gasteiger partial charge >= 0.3 is 6.01 Å². The van der Waals surface area contributed by atoms with E-state index in [1.807, 2.05) is 6.92 Å². The highest BCUT2D eigenvalue weighted by molar-refractivity contribution is 5.85. The topological polar surface area (TPSA) is 149 Å². The Balaban J connectivity index is 1.71. The summed E-state index contributed by atoms with van der Waals surface area (Å²) in [5, 5.41) is 12.9. The van der Waals surface area contributed by atoms with Crippen LogP contribution in [-0.2, 0) is 14.4 Å². The van der Waals surface area contributed by atoms with Crippen molar-refractivity contribution in [1.29, 1.82) is 0 Å². The molecule has 4 N–H and O–H groups in total. The summed E-state index contributed by atoms with van der Waals surface area (Å²) in [5.74, 6) is -2.53. The van der Waals surface area contributed by atoms with E-state index in [4.69, 9.17) is 4.74 Å². The largest absolute Gasteiger partial charge is 0.467 e. The molecule has 2 atom stereocenters. The maximum atomic E-state index is 15.3. The lowest BCUT2D eigenvalue weighted by atomic mass is 9.92. The maximum Gasteiger partial charge on any atom is 0.320 e. The lowest BCUT2D eigenvalue weighted by Gasteiger charge is -2.24. The first-order valence-corrected chi connectivity index (χ1v) is 12.5. The summed E-state index contributed by atoms with van der Waals surface area (Å²) < 4.78 is 20.4. The van der Waals surface area contributed by atoms with Gasteiger partial charge in [0, 0.05) is 13.1 Å². The summed E-state index contributed by atoms with van der Waals surface area (Å²) in [6.07, 6.45) is 7.13. The van der Waals surface area contributed by atoms with E-state index in [1.54, 1.807) is 4.90 Å². The van der Waals surface area contributed by atoms with Gasteiger partial charge in [0.1, 0.15) is 6.04 Å². The van der Waals surface area contributed by atoms with Gasteiger partial charge in [-0.15, -0.1) is 0 Å². The first-order valence-electron chi connectivity index (χ1n) is 12.5. The fourth-order valence-electron chi connectivity index (χ4n) is 4.76. The number of likely N-dealkylation sites (tertiary alicyclic amines) is 1. The van der Waals surface area contributed by atoms with Crippen LogP contribution >= 0.6 is 0 Å². The number of carbonyl (C=O) groups is 3. The Kier molecular flexibility index (Phi) is 10.0. The van der Waals surface area contributed by atoms with Gasteiger partial charge in [-0.2, -0.15) is 14.4 Å². The van der Waals surface area contributed by atoms with Crippen LogP contribution in [0.1, 0.15) is 58.3 Å². The molecule has 1 aliphatic carbocycles. The molecule has 200 valence electrons. The molecule has 0 bridgehead atoms. The van der Waals surface area contributed by atoms with E-state index in [0.717, 1.165) is 38.5 Å². The van der Waals surface area contributed by atoms with Crippen molar-refractivity contribution >= 4 is 29.9 Å². The van der Waals surface area contributed by atoms with Crippen LogP contribution in [-0.4, -0.2) is 76.1 Å². The number of hydrogen-bond acceptors (Lipinski definition) is 9. The number of hydroxylamine groups is 2. The molecule has 3 rings (SSSR count). The average molecular weight is 510 g/mol. The fourth-order valence-corrected chi connectivity index (χ4v) is 4.76. The Hall–Kier alpha value is -3.22. The Morgan fingerprint density at radius 1 is 1.22 bits per heavy atom. The second-order valence-electron chi connectivity index (χ2n) is 9.28. The standard InChI is InChI=1S/C23H36FN7O5/c1-3-17(22(34)30-10-6-7-11-30)25-19-18(24)20(27-23(26-19)36-2)28-29-21(33)16(13-31(35)14-32)12-15-8-4-5-9-15/h14-17,35H,3-13H2,1-2H3,(H,29,33)(H2,25,26,27,28)/t16?,17-/m0/s1. The summed E-state index contributed by atoms with van der Waals surface area (Å²) in [6.45, 7) is 2.97. The van der Waals surface area contributed by atoms with E-state index in [-0.39, 0.29) is 36.5 Å². The number of hydrazine groups is 1. The number of ether oxygens (including phenoxy) is 1. The third kappa shape index (κ3) is 7.15. The second-order valence-corrected chi connectivity index (χ2v) is 9.28. The Morgan fingerprint density at radius 2 is 1.89 bits per heavy atom. The summed E-state index contributed by atoms with van der Waals surface area (Å²) in [4.78, 5) is 46.3. The summed E-state index contributed by atoms with van der Waals surface area (Å²) in [7, 11) is 1.32. The highest BCUT2D eigenvalue weighted by atomic mass is 19.1. The van der Waals surface area contributed by atoms with Crippen LogP contribution in [0.5, 0.6) is 6.01 Å². The molecule has 1 aromatic heterocycles. The fraction of sp³-hybridized carbons (Fsp3) is 0.696. The van der Waals surface area contributed by atoms with Crippen molar-refractivity contribution in [3.63, 3.8) is 0 Å². The first kappa shape index (κ1) is 27.4. The highest BCUT2D eigenvalue weighted by Gasteiger charge is 2.29. The third-order valence-electron chi connectivity index (χ3n) is 6.74. The zero-order valence-electron chi connectivity index (χ0n) is 20.8. The molecule has 0 aromatic carbocycles. The van der Waals surface area contributed by atoms with Gasteiger partial charge in [0.2, 0.25) is 24.0 Å².